The second-order valence-electron chi connectivity index (χ2n) is 0. The van der Waals surface area contributed by atoms with Crippen LogP contribution in [-0.4, -0.2) is 24.7 Å². The zero-order valence-corrected chi connectivity index (χ0v) is 6.83. The molecule has 0 aliphatic rings. The first-order valence-corrected chi connectivity index (χ1v) is 1.60. The molecule has 0 aromatic rings. The Balaban J connectivity index is -0.00000000167. The first kappa shape index (κ1) is 35.5. The summed E-state index contributed by atoms with van der Waals surface area (Å²) in [6.07, 6.45) is 0. The summed E-state index contributed by atoms with van der Waals surface area (Å²) in [4.78, 5) is 0. The van der Waals surface area contributed by atoms with Crippen LogP contribution in [0.4, 0.5) is 0 Å². The van der Waals surface area contributed by atoms with Crippen LogP contribution >= 0.6 is 0 Å². The van der Waals surface area contributed by atoms with E-state index in [1.165, 1.54) is 0 Å². The molecule has 0 atom stereocenters. The third-order valence-electron chi connectivity index (χ3n) is 0. The van der Waals surface area contributed by atoms with Crippen molar-refractivity contribution in [1.29, 1.82) is 0 Å². The Bertz CT molecular complexity index is 6.85. The van der Waals surface area contributed by atoms with Gasteiger partial charge in [0, 0.05) is 0 Å². The van der Waals surface area contributed by atoms with Crippen LogP contribution in [0.5, 0.6) is 0 Å². The van der Waals surface area contributed by atoms with Gasteiger partial charge in [-0.2, -0.15) is 0 Å². The van der Waals surface area contributed by atoms with Gasteiger partial charge in [0.05, 0.1) is 0 Å². The van der Waals surface area contributed by atoms with Gasteiger partial charge in [0.25, 0.3) is 0 Å². The van der Waals surface area contributed by atoms with E-state index in [1.54, 1.807) is 0 Å². The second-order valence-corrected chi connectivity index (χ2v) is 0. The molecule has 0 bridgehead atoms. The molecule has 29 valence electrons. The van der Waals surface area contributed by atoms with Gasteiger partial charge in [-0.25, -0.2) is 0 Å². The van der Waals surface area contributed by atoms with Crippen LogP contribution in [0.2, 0.25) is 0 Å². The van der Waals surface area contributed by atoms with Gasteiger partial charge in [-0.15, -0.1) is 0 Å². The molecule has 0 unspecified atom stereocenters. The van der Waals surface area contributed by atoms with Crippen molar-refractivity contribution in [3.8, 4) is 0 Å². The number of rotatable bonds is 0. The van der Waals surface area contributed by atoms with E-state index in [0.29, 0.717) is 0 Å². The van der Waals surface area contributed by atoms with Gasteiger partial charge in [0.1, 0.15) is 0 Å². The second kappa shape index (κ2) is 68.1. The number of hydrogen-bond acceptors (Lipinski definition) is 1. The predicted octanol–water partition coefficient (Wildman–Crippen LogP) is -0.740. The van der Waals surface area contributed by atoms with Crippen LogP contribution in [0, 0.1) is 0 Å². The van der Waals surface area contributed by atoms with Crippen molar-refractivity contribution in [3.05, 3.63) is 0 Å². The Morgan fingerprint density at radius 1 is 1.00 bits per heavy atom. The topological polar surface area (TPSA) is 74.1 Å². The average Bonchev–Trinajstić information content (AvgIpc) is 1.00. The van der Waals surface area contributed by atoms with Crippen molar-refractivity contribution in [2.75, 3.05) is 0 Å². The third kappa shape index (κ3) is 39.2. The summed E-state index contributed by atoms with van der Waals surface area (Å²) < 4.78 is 8.36. The molecule has 0 heterocycles. The minimum atomic E-state index is 0. The van der Waals surface area contributed by atoms with Crippen LogP contribution in [0.15, 0.2) is 0 Å². The minimum absolute atomic E-state index is 0. The predicted molar refractivity (Wildman–Crippen MR) is 7.81 cm³/mol. The van der Waals surface area contributed by atoms with Gasteiger partial charge in [0.2, 0.25) is 0 Å². The molecule has 3 radical (unpaired) electrons. The van der Waals surface area contributed by atoms with Gasteiger partial charge in [0.15, 0.2) is 0 Å². The van der Waals surface area contributed by atoms with Gasteiger partial charge < -0.3 is 11.0 Å². The van der Waals surface area contributed by atoms with Crippen molar-refractivity contribution in [2.24, 2.45) is 0 Å². The molecule has 5 heavy (non-hydrogen) atoms. The fourth-order valence-electron chi connectivity index (χ4n) is 0. The van der Waals surface area contributed by atoms with Crippen LogP contribution in [0.25, 0.3) is 0 Å². The Morgan fingerprint density at radius 3 is 1.00 bits per heavy atom. The quantitative estimate of drug-likeness (QED) is 0.543. The zero-order valence-electron chi connectivity index (χ0n) is 2.08. The molecule has 0 fully saturated rings. The Labute approximate surface area is 55.8 Å². The monoisotopic (exact) mass is 309 g/mol. The summed E-state index contributed by atoms with van der Waals surface area (Å²) in [5.41, 5.74) is 0. The van der Waals surface area contributed by atoms with Gasteiger partial charge in [-0.3, -0.25) is 0 Å². The maximum atomic E-state index is 8.36. The van der Waals surface area contributed by atoms with Crippen molar-refractivity contribution in [3.63, 3.8) is 0 Å². The summed E-state index contributed by atoms with van der Waals surface area (Å²) in [6.45, 7) is 0. The summed E-state index contributed by atoms with van der Waals surface area (Å²) in [5.74, 6) is 0. The molecule has 3 nitrogen and oxygen atoms in total. The Hall–Kier alpha value is 1.14. The Morgan fingerprint density at radius 2 is 1.00 bits per heavy atom. The van der Waals surface area contributed by atoms with Crippen LogP contribution < -0.4 is 0 Å². The van der Waals surface area contributed by atoms with Crippen molar-refractivity contribution in [1.82, 2.24) is 0 Å². The molecule has 0 saturated heterocycles. The van der Waals surface area contributed by atoms with Crippen LogP contribution in [-0.2, 0) is 31.1 Å². The number of hydrogen-bond donors (Lipinski definition) is 0. The van der Waals surface area contributed by atoms with E-state index in [4.69, 9.17) is 2.81 Å². The Kier molecular flexibility index (Phi) is 483. The molecular formula is BiCrO3. The molecule has 0 aromatic heterocycles. The van der Waals surface area contributed by atoms with Crippen molar-refractivity contribution >= 4 is 24.7 Å². The summed E-state index contributed by atoms with van der Waals surface area (Å²) in [5, 5.41) is 0. The fourth-order valence-corrected chi connectivity index (χ4v) is 0. The van der Waals surface area contributed by atoms with E-state index < -0.39 is 0 Å². The molecular weight excluding hydrogens is 309 g/mol. The van der Waals surface area contributed by atoms with E-state index in [2.05, 4.69) is 0 Å². The molecule has 0 N–H and O–H groups in total. The molecule has 0 saturated carbocycles. The van der Waals surface area contributed by atoms with Crippen molar-refractivity contribution < 1.29 is 31.1 Å². The SMILES string of the molecule is [Cr+3].[O-2].[O-2].[O]=[Bi+]. The molecule has 0 aromatic carbocycles. The normalized spacial score (nSPS) is 0.800. The summed E-state index contributed by atoms with van der Waals surface area (Å²) in [7, 11) is 0. The van der Waals surface area contributed by atoms with Crippen molar-refractivity contribution in [2.45, 2.75) is 0 Å². The van der Waals surface area contributed by atoms with Gasteiger partial charge >= 0.3 is 44.9 Å². The van der Waals surface area contributed by atoms with Crippen LogP contribution in [0.3, 0.4) is 0 Å². The fraction of sp³-hybridized carbons (Fsp3) is 0. The van der Waals surface area contributed by atoms with Gasteiger partial charge in [-0.05, 0) is 0 Å². The van der Waals surface area contributed by atoms with E-state index in [0.717, 1.165) is 0 Å². The summed E-state index contributed by atoms with van der Waals surface area (Å²) in [6, 6.07) is 0. The van der Waals surface area contributed by atoms with E-state index in [1.807, 2.05) is 0 Å². The van der Waals surface area contributed by atoms with E-state index in [-0.39, 0.29) is 53.0 Å². The molecule has 0 rings (SSSR count). The maximum absolute atomic E-state index is 8.36. The van der Waals surface area contributed by atoms with Gasteiger partial charge in [-0.1, -0.05) is 0 Å². The first-order chi connectivity index (χ1) is 1.00. The standard InChI is InChI=1S/Bi.Cr.3O/q+1;+3;;2*-2. The summed E-state index contributed by atoms with van der Waals surface area (Å²) >= 11 is 0.194. The molecule has 0 aliphatic carbocycles. The molecule has 0 aliphatic heterocycles. The molecule has 0 amide bonds. The third-order valence-corrected chi connectivity index (χ3v) is 0. The molecule has 5 heteroatoms. The van der Waals surface area contributed by atoms with E-state index >= 15 is 0 Å². The average molecular weight is 309 g/mol. The first-order valence-electron chi connectivity index (χ1n) is 0.183. The molecule has 0 spiro atoms. The zero-order chi connectivity index (χ0) is 2.00. The van der Waals surface area contributed by atoms with E-state index in [9.17, 15) is 0 Å². The van der Waals surface area contributed by atoms with Crippen LogP contribution in [0.1, 0.15) is 0 Å².